The second-order valence-corrected chi connectivity index (χ2v) is 17.7. The largest absolute Gasteiger partial charge is 0.483 e. The quantitative estimate of drug-likeness (QED) is 0.328. The van der Waals surface area contributed by atoms with Crippen LogP contribution in [0.2, 0.25) is 0 Å². The zero-order valence-electron chi connectivity index (χ0n) is 31.0. The molecule has 13 nitrogen and oxygen atoms in total. The molecule has 4 amide bonds. The molecule has 0 bridgehead atoms. The van der Waals surface area contributed by atoms with Gasteiger partial charge in [-0.25, -0.2) is 22.5 Å². The number of alkyl halides is 6. The Hall–Kier alpha value is -4.62. The average Bonchev–Trinajstić information content (AvgIpc) is 3.70. The van der Waals surface area contributed by atoms with Gasteiger partial charge in [0.1, 0.15) is 29.0 Å². The van der Waals surface area contributed by atoms with Gasteiger partial charge in [-0.2, -0.15) is 26.3 Å². The summed E-state index contributed by atoms with van der Waals surface area (Å²) in [5.41, 5.74) is -5.74. The molecule has 0 radical (unpaired) electrons. The minimum atomic E-state index is -6.07. The number of allylic oxidation sites excluding steroid dienone is 1. The van der Waals surface area contributed by atoms with E-state index in [1.54, 1.807) is 19.1 Å². The number of nitrogens with zero attached hydrogens (tertiary/aromatic N) is 3. The van der Waals surface area contributed by atoms with Gasteiger partial charge in [0.25, 0.3) is 11.5 Å². The van der Waals surface area contributed by atoms with Gasteiger partial charge < -0.3 is 25.0 Å². The SMILES string of the molecule is Cc1nc2ccccc2c2c1OC1(CC2)CC2C(=O)NC3(C(=O)N4CCS4(=O)=O)CC3C=CCCCCCC(NC(=O)OC(C)(C(F)(F)F)C(F)(F)F)C(=O)N2C1. The molecule has 20 heteroatoms. The average molecular weight is 830 g/mol. The summed E-state index contributed by atoms with van der Waals surface area (Å²) in [6.45, 7) is 1.02. The van der Waals surface area contributed by atoms with Crippen molar-refractivity contribution in [1.29, 1.82) is 0 Å². The Labute approximate surface area is 323 Å². The number of carbonyl (C=O) groups is 4. The fourth-order valence-electron chi connectivity index (χ4n) is 8.26. The lowest BCUT2D eigenvalue weighted by atomic mass is 9.87. The van der Waals surface area contributed by atoms with E-state index in [9.17, 15) is 53.9 Å². The Balaban J connectivity index is 1.24. The molecule has 5 aliphatic rings. The number of ether oxygens (including phenoxy) is 2. The van der Waals surface area contributed by atoms with Crippen molar-refractivity contribution in [2.75, 3.05) is 18.8 Å². The number of sulfonamides is 1. The van der Waals surface area contributed by atoms with Crippen LogP contribution in [-0.4, -0.2) is 106 Å². The fourth-order valence-corrected chi connectivity index (χ4v) is 9.34. The van der Waals surface area contributed by atoms with Gasteiger partial charge in [0, 0.05) is 23.3 Å². The van der Waals surface area contributed by atoms with Crippen LogP contribution in [0, 0.1) is 12.8 Å². The number of hydrogen-bond donors (Lipinski definition) is 2. The van der Waals surface area contributed by atoms with E-state index in [1.807, 2.05) is 29.6 Å². The molecule has 5 unspecified atom stereocenters. The Kier molecular flexibility index (Phi) is 9.99. The van der Waals surface area contributed by atoms with E-state index < -0.39 is 80.9 Å². The molecule has 1 spiro atoms. The smallest absolute Gasteiger partial charge is 0.437 e. The number of nitrogens with one attached hydrogen (secondary N) is 2. The van der Waals surface area contributed by atoms with Crippen LogP contribution in [0.1, 0.15) is 69.5 Å². The van der Waals surface area contributed by atoms with Gasteiger partial charge in [0.2, 0.25) is 21.8 Å². The standard InChI is InChI=1S/C37H41F6N5O8S/c1-21-28-24(23-11-8-9-12-25(23)44-21)14-15-34(55-28)19-27-29(49)46-35(31(51)48-16-17-57(48,53)54)18-22(35)10-6-4-3-5-7-13-26(30(50)47(27)20-34)45-32(52)56-33(2,36(38,39)40)37(41,42)43/h6,8-12,22,26-27H,3-5,7,13-20H2,1-2H3,(H,45,52)(H,46,49). The summed E-state index contributed by atoms with van der Waals surface area (Å²) in [4.78, 5) is 61.5. The molecule has 5 heterocycles. The van der Waals surface area contributed by atoms with Gasteiger partial charge in [-0.1, -0.05) is 43.2 Å². The van der Waals surface area contributed by atoms with Gasteiger partial charge in [-0.05, 0) is 58.4 Å². The molecule has 57 heavy (non-hydrogen) atoms. The second kappa shape index (κ2) is 14.0. The predicted molar refractivity (Wildman–Crippen MR) is 189 cm³/mol. The number of aromatic nitrogens is 1. The number of aryl methyl sites for hydroxylation is 2. The number of alkyl carbamates (subject to hydrolysis) is 1. The molecule has 1 aliphatic carbocycles. The maximum absolute atomic E-state index is 14.6. The summed E-state index contributed by atoms with van der Waals surface area (Å²) >= 11 is 0. The van der Waals surface area contributed by atoms with Gasteiger partial charge in [0.15, 0.2) is 0 Å². The minimum absolute atomic E-state index is 0.0704. The highest BCUT2D eigenvalue weighted by Gasteiger charge is 2.71. The first kappa shape index (κ1) is 40.6. The number of fused-ring (bicyclic) bond motifs is 5. The molecule has 2 aromatic rings. The molecular formula is C37H41F6N5O8S. The molecule has 2 saturated heterocycles. The molecule has 4 aliphatic heterocycles. The Morgan fingerprint density at radius 1 is 1.05 bits per heavy atom. The van der Waals surface area contributed by atoms with Gasteiger partial charge in [-0.15, -0.1) is 0 Å². The molecule has 310 valence electrons. The lowest BCUT2D eigenvalue weighted by Crippen LogP contribution is -2.62. The monoisotopic (exact) mass is 829 g/mol. The third-order valence-corrected chi connectivity index (χ3v) is 13.5. The number of halogens is 6. The first-order chi connectivity index (χ1) is 26.6. The number of pyridine rings is 1. The highest BCUT2D eigenvalue weighted by Crippen LogP contribution is 2.50. The second-order valence-electron chi connectivity index (χ2n) is 15.6. The lowest BCUT2D eigenvalue weighted by molar-refractivity contribution is -0.358. The van der Waals surface area contributed by atoms with E-state index in [2.05, 4.69) is 15.0 Å². The summed E-state index contributed by atoms with van der Waals surface area (Å²) < 4.78 is 118. The van der Waals surface area contributed by atoms with Crippen LogP contribution in [0.15, 0.2) is 36.4 Å². The Morgan fingerprint density at radius 3 is 2.44 bits per heavy atom. The van der Waals surface area contributed by atoms with E-state index in [0.717, 1.165) is 21.4 Å². The highest BCUT2D eigenvalue weighted by molar-refractivity contribution is 7.90. The Morgan fingerprint density at radius 2 is 1.77 bits per heavy atom. The number of carbonyl (C=O) groups excluding carboxylic acids is 4. The number of rotatable bonds is 3. The number of para-hydroxylation sites is 1. The number of hydrogen-bond acceptors (Lipinski definition) is 9. The van der Waals surface area contributed by atoms with E-state index in [-0.39, 0.29) is 57.9 Å². The normalized spacial score (nSPS) is 29.2. The van der Waals surface area contributed by atoms with Crippen LogP contribution in [0.3, 0.4) is 0 Å². The van der Waals surface area contributed by atoms with Crippen molar-refractivity contribution in [1.82, 2.24) is 24.8 Å². The molecule has 1 saturated carbocycles. The number of benzene rings is 1. The van der Waals surface area contributed by atoms with E-state index in [1.165, 1.54) is 0 Å². The topological polar surface area (TPSA) is 164 Å². The number of amides is 4. The third kappa shape index (κ3) is 7.15. The van der Waals surface area contributed by atoms with Gasteiger partial charge >= 0.3 is 18.4 Å². The molecule has 7 rings (SSSR count). The summed E-state index contributed by atoms with van der Waals surface area (Å²) in [5, 5.41) is 5.50. The van der Waals surface area contributed by atoms with E-state index >= 15 is 0 Å². The van der Waals surface area contributed by atoms with Crippen LogP contribution in [0.5, 0.6) is 5.75 Å². The van der Waals surface area contributed by atoms with E-state index in [4.69, 9.17) is 4.74 Å². The van der Waals surface area contributed by atoms with Gasteiger partial charge in [-0.3, -0.25) is 14.4 Å². The Bertz CT molecular complexity index is 2130. The summed E-state index contributed by atoms with van der Waals surface area (Å²) in [5.74, 6) is -3.09. The molecule has 1 aromatic carbocycles. The molecule has 2 N–H and O–H groups in total. The predicted octanol–water partition coefficient (Wildman–Crippen LogP) is 4.75. The van der Waals surface area contributed by atoms with Crippen molar-refractivity contribution in [3.8, 4) is 5.75 Å². The zero-order valence-corrected chi connectivity index (χ0v) is 31.8. The first-order valence-electron chi connectivity index (χ1n) is 18.7. The van der Waals surface area contributed by atoms with Crippen LogP contribution < -0.4 is 15.4 Å². The van der Waals surface area contributed by atoms with Crippen molar-refractivity contribution in [2.24, 2.45) is 5.92 Å². The fraction of sp³-hybridized carbons (Fsp3) is 0.595. The molecular weight excluding hydrogens is 788 g/mol. The third-order valence-electron chi connectivity index (χ3n) is 11.8. The van der Waals surface area contributed by atoms with Crippen molar-refractivity contribution < 1.29 is 63.4 Å². The van der Waals surface area contributed by atoms with Crippen LogP contribution in [-0.2, 0) is 35.6 Å². The van der Waals surface area contributed by atoms with Crippen molar-refractivity contribution in [2.45, 2.75) is 113 Å². The summed E-state index contributed by atoms with van der Waals surface area (Å²) in [7, 11) is -3.89. The molecule has 5 atom stereocenters. The maximum atomic E-state index is 14.6. The minimum Gasteiger partial charge on any atom is -0.483 e. The molecule has 1 aromatic heterocycles. The van der Waals surface area contributed by atoms with E-state index in [0.29, 0.717) is 41.4 Å². The van der Waals surface area contributed by atoms with Crippen molar-refractivity contribution in [3.05, 3.63) is 47.7 Å². The van der Waals surface area contributed by atoms with Crippen molar-refractivity contribution in [3.63, 3.8) is 0 Å². The highest BCUT2D eigenvalue weighted by atomic mass is 32.2. The zero-order chi connectivity index (χ0) is 41.3. The van der Waals surface area contributed by atoms with Crippen LogP contribution in [0.25, 0.3) is 10.9 Å². The van der Waals surface area contributed by atoms with Gasteiger partial charge in [0.05, 0.1) is 30.1 Å². The lowest BCUT2D eigenvalue weighted by Gasteiger charge is -2.37. The molecule has 3 fully saturated rings. The van der Waals surface area contributed by atoms with Crippen LogP contribution in [0.4, 0.5) is 31.1 Å². The van der Waals surface area contributed by atoms with Crippen molar-refractivity contribution >= 4 is 44.7 Å². The first-order valence-corrected chi connectivity index (χ1v) is 20.3. The maximum Gasteiger partial charge on any atom is 0.437 e. The summed E-state index contributed by atoms with van der Waals surface area (Å²) in [6.07, 6.45) is -8.87. The summed E-state index contributed by atoms with van der Waals surface area (Å²) in [6, 6.07) is 4.22. The van der Waals surface area contributed by atoms with Crippen LogP contribution >= 0.6 is 0 Å².